The lowest BCUT2D eigenvalue weighted by atomic mass is 10.2. The van der Waals surface area contributed by atoms with Crippen molar-refractivity contribution in [2.24, 2.45) is 11.5 Å². The van der Waals surface area contributed by atoms with E-state index in [1.54, 1.807) is 0 Å². The molecule has 0 unspecified atom stereocenters. The molecule has 0 saturated heterocycles. The van der Waals surface area contributed by atoms with Crippen LogP contribution in [0.2, 0.25) is 0 Å². The van der Waals surface area contributed by atoms with E-state index in [0.29, 0.717) is 13.1 Å². The van der Waals surface area contributed by atoms with Crippen LogP contribution in [0, 0.1) is 0 Å². The van der Waals surface area contributed by atoms with Gasteiger partial charge in [0.25, 0.3) is 0 Å². The Morgan fingerprint density at radius 2 is 0.727 bits per heavy atom. The Kier molecular flexibility index (Phi) is 21.2. The molecule has 0 aliphatic rings. The van der Waals surface area contributed by atoms with E-state index in [1.807, 2.05) is 0 Å². The quantitative estimate of drug-likeness (QED) is 0.322. The highest BCUT2D eigenvalue weighted by atomic mass is 16.4. The van der Waals surface area contributed by atoms with Crippen LogP contribution >= 0.6 is 0 Å². The van der Waals surface area contributed by atoms with E-state index in [9.17, 15) is 19.2 Å². The third-order valence-corrected chi connectivity index (χ3v) is 1.73. The molecule has 0 bridgehead atoms. The van der Waals surface area contributed by atoms with E-state index < -0.39 is 23.9 Å². The van der Waals surface area contributed by atoms with E-state index >= 15 is 0 Å². The number of carboxylic acid groups (broad SMARTS) is 4. The van der Waals surface area contributed by atoms with Gasteiger partial charge in [-0.2, -0.15) is 0 Å². The zero-order valence-corrected chi connectivity index (χ0v) is 12.2. The number of aliphatic carboxylic acids is 4. The Morgan fingerprint density at radius 1 is 0.545 bits per heavy atom. The minimum atomic E-state index is -0.948. The monoisotopic (exact) mass is 324 g/mol. The zero-order chi connectivity index (χ0) is 18.0. The number of hydrogen-bond acceptors (Lipinski definition) is 6. The van der Waals surface area contributed by atoms with E-state index in [1.165, 1.54) is 0 Å². The van der Waals surface area contributed by atoms with Crippen LogP contribution in [0.4, 0.5) is 0 Å². The van der Waals surface area contributed by atoms with Crippen molar-refractivity contribution in [3.8, 4) is 0 Å². The summed E-state index contributed by atoms with van der Waals surface area (Å²) in [5.41, 5.74) is 9.81. The van der Waals surface area contributed by atoms with Gasteiger partial charge in [-0.25, -0.2) is 0 Å². The average Bonchev–Trinajstić information content (AvgIpc) is 2.38. The second-order valence-electron chi connectivity index (χ2n) is 3.86. The molecule has 0 saturated carbocycles. The summed E-state index contributed by atoms with van der Waals surface area (Å²) in [4.78, 5) is 39.2. The Morgan fingerprint density at radius 3 is 0.818 bits per heavy atom. The summed E-state index contributed by atoms with van der Waals surface area (Å²) in [6.07, 6.45) is 0.173. The van der Waals surface area contributed by atoms with Gasteiger partial charge in [0, 0.05) is 38.8 Å². The number of carbonyl (C=O) groups is 4. The summed E-state index contributed by atoms with van der Waals surface area (Å²) in [5, 5.41) is 32.1. The molecule has 0 aromatic carbocycles. The van der Waals surface area contributed by atoms with Gasteiger partial charge in [-0.15, -0.1) is 0 Å². The minimum absolute atomic E-state index is 0.0632. The first-order valence-electron chi connectivity index (χ1n) is 6.44. The van der Waals surface area contributed by atoms with E-state index in [2.05, 4.69) is 0 Å². The maximum Gasteiger partial charge on any atom is 0.303 e. The largest absolute Gasteiger partial charge is 0.481 e. The van der Waals surface area contributed by atoms with Crippen LogP contribution in [-0.4, -0.2) is 57.4 Å². The average molecular weight is 324 g/mol. The van der Waals surface area contributed by atoms with E-state index in [0.717, 1.165) is 0 Å². The van der Waals surface area contributed by atoms with Crippen LogP contribution in [0.5, 0.6) is 0 Å². The van der Waals surface area contributed by atoms with Crippen molar-refractivity contribution < 1.29 is 39.6 Å². The van der Waals surface area contributed by atoms with Crippen molar-refractivity contribution >= 4 is 23.9 Å². The molecule has 0 aromatic heterocycles. The van der Waals surface area contributed by atoms with Gasteiger partial charge in [0.05, 0.1) is 0 Å². The number of rotatable bonds is 9. The van der Waals surface area contributed by atoms with Crippen LogP contribution < -0.4 is 11.5 Å². The number of carboxylic acids is 4. The van der Waals surface area contributed by atoms with Gasteiger partial charge in [0.15, 0.2) is 0 Å². The van der Waals surface area contributed by atoms with Crippen molar-refractivity contribution in [3.63, 3.8) is 0 Å². The predicted octanol–water partition coefficient (Wildman–Crippen LogP) is -0.444. The maximum absolute atomic E-state index is 9.79. The van der Waals surface area contributed by atoms with Crippen molar-refractivity contribution in [2.45, 2.75) is 38.5 Å². The molecule has 10 nitrogen and oxygen atoms in total. The van der Waals surface area contributed by atoms with Crippen LogP contribution in [0.25, 0.3) is 0 Å². The smallest absolute Gasteiger partial charge is 0.303 e. The zero-order valence-electron chi connectivity index (χ0n) is 12.2. The highest BCUT2D eigenvalue weighted by Crippen LogP contribution is 1.94. The fraction of sp³-hybridized carbons (Fsp3) is 0.667. The number of hydrogen-bond donors (Lipinski definition) is 6. The number of nitrogens with two attached hydrogens (primary N) is 2. The van der Waals surface area contributed by atoms with Crippen LogP contribution in [0.3, 0.4) is 0 Å². The standard InChI is InChI=1S/2C5H8O4.C2H8N2/c2*6-4(7)2-1-3-5(8)9;3-1-2-4/h2*1-3H2,(H,6,7)(H,8,9);1-4H2. The molecule has 10 heteroatoms. The Bertz CT molecular complexity index is 273. The molecule has 0 aliphatic heterocycles. The normalized spacial score (nSPS) is 8.64. The second kappa shape index (κ2) is 18.8. The molecular weight excluding hydrogens is 300 g/mol. The summed E-state index contributed by atoms with van der Waals surface area (Å²) in [7, 11) is 0. The molecule has 0 spiro atoms. The van der Waals surface area contributed by atoms with Crippen molar-refractivity contribution in [1.82, 2.24) is 0 Å². The first kappa shape index (κ1) is 24.8. The molecular formula is C12H24N2O8. The predicted molar refractivity (Wildman–Crippen MR) is 76.4 cm³/mol. The lowest BCUT2D eigenvalue weighted by Crippen LogP contribution is -2.11. The second-order valence-corrected chi connectivity index (χ2v) is 3.86. The first-order chi connectivity index (χ1) is 10.2. The van der Waals surface area contributed by atoms with Gasteiger partial charge < -0.3 is 31.9 Å². The molecule has 0 rings (SSSR count). The molecule has 0 amide bonds. The fourth-order valence-electron chi connectivity index (χ4n) is 0.782. The van der Waals surface area contributed by atoms with Crippen LogP contribution in [0.15, 0.2) is 0 Å². The third kappa shape index (κ3) is 43.1. The van der Waals surface area contributed by atoms with Crippen LogP contribution in [0.1, 0.15) is 38.5 Å². The molecule has 130 valence electrons. The molecule has 22 heavy (non-hydrogen) atoms. The Labute approximate surface area is 127 Å². The van der Waals surface area contributed by atoms with E-state index in [-0.39, 0.29) is 38.5 Å². The fourth-order valence-corrected chi connectivity index (χ4v) is 0.782. The Balaban J connectivity index is -0.000000266. The lowest BCUT2D eigenvalue weighted by molar-refractivity contribution is -0.140. The van der Waals surface area contributed by atoms with Crippen molar-refractivity contribution in [1.29, 1.82) is 0 Å². The summed E-state index contributed by atoms with van der Waals surface area (Å²) in [6, 6.07) is 0. The van der Waals surface area contributed by atoms with Gasteiger partial charge in [-0.3, -0.25) is 19.2 Å². The molecule has 8 N–H and O–H groups in total. The lowest BCUT2D eigenvalue weighted by Gasteiger charge is -1.89. The highest BCUT2D eigenvalue weighted by molar-refractivity contribution is 5.70. The molecule has 0 heterocycles. The summed E-state index contributed by atoms with van der Waals surface area (Å²) in [6.45, 7) is 1.19. The van der Waals surface area contributed by atoms with Gasteiger partial charge in [0.2, 0.25) is 0 Å². The van der Waals surface area contributed by atoms with Crippen molar-refractivity contribution in [2.75, 3.05) is 13.1 Å². The molecule has 0 aromatic rings. The third-order valence-electron chi connectivity index (χ3n) is 1.73. The summed E-state index contributed by atoms with van der Waals surface area (Å²) >= 11 is 0. The van der Waals surface area contributed by atoms with Gasteiger partial charge in [-0.1, -0.05) is 0 Å². The SMILES string of the molecule is NCCN.O=C(O)CCCC(=O)O.O=C(O)CCCC(=O)O. The maximum atomic E-state index is 9.79. The molecule has 0 fully saturated rings. The molecule has 0 atom stereocenters. The topological polar surface area (TPSA) is 201 Å². The molecule has 0 radical (unpaired) electrons. The van der Waals surface area contributed by atoms with Gasteiger partial charge in [-0.05, 0) is 12.8 Å². The first-order valence-corrected chi connectivity index (χ1v) is 6.44. The van der Waals surface area contributed by atoms with Gasteiger partial charge >= 0.3 is 23.9 Å². The van der Waals surface area contributed by atoms with E-state index in [4.69, 9.17) is 31.9 Å². The minimum Gasteiger partial charge on any atom is -0.481 e. The van der Waals surface area contributed by atoms with Crippen molar-refractivity contribution in [3.05, 3.63) is 0 Å². The van der Waals surface area contributed by atoms with Gasteiger partial charge in [0.1, 0.15) is 0 Å². The highest BCUT2D eigenvalue weighted by Gasteiger charge is 2.00. The van der Waals surface area contributed by atoms with Crippen LogP contribution in [-0.2, 0) is 19.2 Å². The summed E-state index contributed by atoms with van der Waals surface area (Å²) < 4.78 is 0. The summed E-state index contributed by atoms with van der Waals surface area (Å²) in [5.74, 6) is -3.79. The Hall–Kier alpha value is -2.20. The molecule has 0 aliphatic carbocycles.